The Bertz CT molecular complexity index is 910. The van der Waals surface area contributed by atoms with Crippen molar-refractivity contribution < 1.29 is 23.4 Å². The molecule has 0 bridgehead atoms. The van der Waals surface area contributed by atoms with Crippen molar-refractivity contribution in [2.45, 2.75) is 0 Å². The van der Waals surface area contributed by atoms with Crippen LogP contribution in [0.5, 0.6) is 11.5 Å². The zero-order valence-corrected chi connectivity index (χ0v) is 15.1. The van der Waals surface area contributed by atoms with E-state index in [1.54, 1.807) is 18.1 Å². The summed E-state index contributed by atoms with van der Waals surface area (Å²) in [7, 11) is 1.60. The second kappa shape index (κ2) is 7.72. The summed E-state index contributed by atoms with van der Waals surface area (Å²) in [6.07, 6.45) is 0. The molecule has 0 radical (unpaired) electrons. The molecule has 1 aromatic heterocycles. The molecule has 140 valence electrons. The van der Waals surface area contributed by atoms with Crippen molar-refractivity contribution in [3.05, 3.63) is 48.5 Å². The van der Waals surface area contributed by atoms with Gasteiger partial charge in [0, 0.05) is 30.1 Å². The van der Waals surface area contributed by atoms with Gasteiger partial charge in [-0.25, -0.2) is 0 Å². The van der Waals surface area contributed by atoms with Gasteiger partial charge in [-0.15, -0.1) is 0 Å². The van der Waals surface area contributed by atoms with Gasteiger partial charge in [0.05, 0.1) is 20.3 Å². The second-order valence-corrected chi connectivity index (χ2v) is 6.33. The number of hydrogen-bond acceptors (Lipinski definition) is 5. The molecule has 2 heterocycles. The average molecular weight is 367 g/mol. The van der Waals surface area contributed by atoms with Crippen molar-refractivity contribution >= 4 is 16.9 Å². The zero-order valence-electron chi connectivity index (χ0n) is 15.1. The fourth-order valence-electron chi connectivity index (χ4n) is 3.09. The lowest BCUT2D eigenvalue weighted by Crippen LogP contribution is -2.42. The second-order valence-electron chi connectivity index (χ2n) is 6.33. The first kappa shape index (κ1) is 17.4. The van der Waals surface area contributed by atoms with Crippen LogP contribution in [0.4, 0.5) is 0 Å². The maximum Gasteiger partial charge on any atom is 0.260 e. The van der Waals surface area contributed by atoms with E-state index < -0.39 is 0 Å². The predicted octanol–water partition coefficient (Wildman–Crippen LogP) is 3.35. The Morgan fingerprint density at radius 3 is 2.63 bits per heavy atom. The van der Waals surface area contributed by atoms with Gasteiger partial charge in [0.2, 0.25) is 0 Å². The fourth-order valence-corrected chi connectivity index (χ4v) is 3.09. The topological polar surface area (TPSA) is 61.1 Å². The van der Waals surface area contributed by atoms with Crippen LogP contribution >= 0.6 is 0 Å². The molecule has 2 aromatic carbocycles. The highest BCUT2D eigenvalue weighted by Gasteiger charge is 2.18. The Morgan fingerprint density at radius 2 is 1.85 bits per heavy atom. The lowest BCUT2D eigenvalue weighted by molar-refractivity contribution is -0.137. The van der Waals surface area contributed by atoms with Gasteiger partial charge in [-0.1, -0.05) is 18.2 Å². The number of para-hydroxylation sites is 1. The van der Waals surface area contributed by atoms with Crippen LogP contribution in [-0.2, 0) is 9.53 Å². The van der Waals surface area contributed by atoms with Crippen LogP contribution in [0.3, 0.4) is 0 Å². The van der Waals surface area contributed by atoms with E-state index in [-0.39, 0.29) is 12.5 Å². The summed E-state index contributed by atoms with van der Waals surface area (Å²) in [5, 5.41) is 1.03. The van der Waals surface area contributed by atoms with Crippen molar-refractivity contribution in [3.8, 4) is 22.8 Å². The standard InChI is InChI=1S/C21H21NO5/c1-24-17-10-16(20-12-15-4-2-3-5-19(15)27-20)11-18(13-17)26-14-21(23)22-6-8-25-9-7-22/h2-5,10-13H,6-9,14H2,1H3. The highest BCUT2D eigenvalue weighted by molar-refractivity contribution is 5.83. The first-order chi connectivity index (χ1) is 13.2. The molecule has 6 nitrogen and oxygen atoms in total. The van der Waals surface area contributed by atoms with Gasteiger partial charge in [0.1, 0.15) is 22.8 Å². The zero-order chi connectivity index (χ0) is 18.6. The summed E-state index contributed by atoms with van der Waals surface area (Å²) in [6, 6.07) is 15.3. The van der Waals surface area contributed by atoms with Crippen LogP contribution in [0.1, 0.15) is 0 Å². The normalized spacial score (nSPS) is 14.3. The molecule has 1 saturated heterocycles. The number of ether oxygens (including phenoxy) is 3. The van der Waals surface area contributed by atoms with Crippen LogP contribution in [0.15, 0.2) is 52.9 Å². The molecule has 0 spiro atoms. The number of amides is 1. The maximum absolute atomic E-state index is 12.3. The smallest absolute Gasteiger partial charge is 0.260 e. The SMILES string of the molecule is COc1cc(OCC(=O)N2CCOCC2)cc(-c2cc3ccccc3o2)c1. The Kier molecular flexibility index (Phi) is 4.98. The third kappa shape index (κ3) is 3.90. The Balaban J connectivity index is 1.54. The monoisotopic (exact) mass is 367 g/mol. The third-order valence-electron chi connectivity index (χ3n) is 4.55. The number of benzene rings is 2. The molecular formula is C21H21NO5. The van der Waals surface area contributed by atoms with Crippen LogP contribution in [-0.4, -0.2) is 50.8 Å². The number of furan rings is 1. The van der Waals surface area contributed by atoms with Gasteiger partial charge in [-0.3, -0.25) is 4.79 Å². The summed E-state index contributed by atoms with van der Waals surface area (Å²) in [6.45, 7) is 2.32. The quantitative estimate of drug-likeness (QED) is 0.692. The van der Waals surface area contributed by atoms with Crippen LogP contribution in [0.25, 0.3) is 22.3 Å². The molecule has 0 atom stereocenters. The number of nitrogens with zero attached hydrogens (tertiary/aromatic N) is 1. The molecular weight excluding hydrogens is 346 g/mol. The van der Waals surface area contributed by atoms with E-state index in [1.165, 1.54) is 0 Å². The van der Waals surface area contributed by atoms with E-state index in [0.29, 0.717) is 37.8 Å². The number of fused-ring (bicyclic) bond motifs is 1. The first-order valence-electron chi connectivity index (χ1n) is 8.89. The molecule has 0 saturated carbocycles. The van der Waals surface area contributed by atoms with E-state index >= 15 is 0 Å². The van der Waals surface area contributed by atoms with Gasteiger partial charge in [-0.05, 0) is 24.3 Å². The van der Waals surface area contributed by atoms with Crippen molar-refractivity contribution in [3.63, 3.8) is 0 Å². The van der Waals surface area contributed by atoms with Gasteiger partial charge < -0.3 is 23.5 Å². The molecule has 1 amide bonds. The summed E-state index contributed by atoms with van der Waals surface area (Å²) in [4.78, 5) is 14.0. The summed E-state index contributed by atoms with van der Waals surface area (Å²) in [5.74, 6) is 1.87. The summed E-state index contributed by atoms with van der Waals surface area (Å²) >= 11 is 0. The summed E-state index contributed by atoms with van der Waals surface area (Å²) in [5.41, 5.74) is 1.65. The Hall–Kier alpha value is -2.99. The van der Waals surface area contributed by atoms with E-state index in [1.807, 2.05) is 42.5 Å². The van der Waals surface area contributed by atoms with Crippen molar-refractivity contribution in [2.24, 2.45) is 0 Å². The van der Waals surface area contributed by atoms with Crippen molar-refractivity contribution in [2.75, 3.05) is 40.0 Å². The molecule has 1 fully saturated rings. The number of methoxy groups -OCH3 is 1. The molecule has 1 aliphatic heterocycles. The van der Waals surface area contributed by atoms with Crippen molar-refractivity contribution in [1.29, 1.82) is 0 Å². The number of hydrogen-bond donors (Lipinski definition) is 0. The molecule has 0 unspecified atom stereocenters. The van der Waals surface area contributed by atoms with Gasteiger partial charge >= 0.3 is 0 Å². The minimum Gasteiger partial charge on any atom is -0.497 e. The fraction of sp³-hybridized carbons (Fsp3) is 0.286. The highest BCUT2D eigenvalue weighted by atomic mass is 16.5. The van der Waals surface area contributed by atoms with Gasteiger partial charge in [0.25, 0.3) is 5.91 Å². The molecule has 6 heteroatoms. The average Bonchev–Trinajstić information content (AvgIpc) is 3.17. The third-order valence-corrected chi connectivity index (χ3v) is 4.55. The van der Waals surface area contributed by atoms with Crippen molar-refractivity contribution in [1.82, 2.24) is 4.90 Å². The first-order valence-corrected chi connectivity index (χ1v) is 8.89. The summed E-state index contributed by atoms with van der Waals surface area (Å²) < 4.78 is 22.3. The molecule has 1 aliphatic rings. The molecule has 3 aromatic rings. The lowest BCUT2D eigenvalue weighted by Gasteiger charge is -2.26. The Labute approximate surface area is 157 Å². The van der Waals surface area contributed by atoms with E-state index in [9.17, 15) is 4.79 Å². The van der Waals surface area contributed by atoms with E-state index in [2.05, 4.69) is 0 Å². The predicted molar refractivity (Wildman–Crippen MR) is 101 cm³/mol. The minimum atomic E-state index is -0.0496. The number of morpholine rings is 1. The van der Waals surface area contributed by atoms with Gasteiger partial charge in [-0.2, -0.15) is 0 Å². The van der Waals surface area contributed by atoms with Crippen LogP contribution < -0.4 is 9.47 Å². The molecule has 27 heavy (non-hydrogen) atoms. The molecule has 0 N–H and O–H groups in total. The molecule has 4 rings (SSSR count). The van der Waals surface area contributed by atoms with Crippen LogP contribution in [0, 0.1) is 0 Å². The highest BCUT2D eigenvalue weighted by Crippen LogP contribution is 2.33. The Morgan fingerprint density at radius 1 is 1.07 bits per heavy atom. The van der Waals surface area contributed by atoms with E-state index in [0.717, 1.165) is 22.3 Å². The number of carbonyl (C=O) groups excluding carboxylic acids is 1. The van der Waals surface area contributed by atoms with Gasteiger partial charge in [0.15, 0.2) is 6.61 Å². The van der Waals surface area contributed by atoms with E-state index in [4.69, 9.17) is 18.6 Å². The lowest BCUT2D eigenvalue weighted by atomic mass is 10.1. The number of carbonyl (C=O) groups is 1. The minimum absolute atomic E-state index is 0.0211. The molecule has 0 aliphatic carbocycles. The largest absolute Gasteiger partial charge is 0.497 e. The maximum atomic E-state index is 12.3. The number of rotatable bonds is 5. The van der Waals surface area contributed by atoms with Crippen LogP contribution in [0.2, 0.25) is 0 Å².